The van der Waals surface area contributed by atoms with Crippen LogP contribution in [0.4, 0.5) is 16.3 Å². The number of para-hydroxylation sites is 1. The lowest BCUT2D eigenvalue weighted by atomic mass is 10.2. The lowest BCUT2D eigenvalue weighted by Crippen LogP contribution is -2.15. The van der Waals surface area contributed by atoms with Crippen molar-refractivity contribution in [3.8, 4) is 5.69 Å². The minimum atomic E-state index is -0.330. The van der Waals surface area contributed by atoms with Crippen molar-refractivity contribution < 1.29 is 4.39 Å². The molecule has 0 radical (unpaired) electrons. The molecule has 0 saturated carbocycles. The zero-order chi connectivity index (χ0) is 19.0. The molecular weight excluding hydrogens is 369 g/mol. The number of benzene rings is 2. The lowest BCUT2D eigenvalue weighted by molar-refractivity contribution is 0.629. The maximum absolute atomic E-state index is 13.9. The van der Waals surface area contributed by atoms with Gasteiger partial charge >= 0.3 is 0 Å². The number of fused-ring (bicyclic) bond motifs is 1. The molecule has 0 fully saturated rings. The van der Waals surface area contributed by atoms with Gasteiger partial charge in [0.05, 0.1) is 17.1 Å². The van der Waals surface area contributed by atoms with Crippen molar-refractivity contribution in [2.45, 2.75) is 13.0 Å². The summed E-state index contributed by atoms with van der Waals surface area (Å²) in [6, 6.07) is 13.8. The molecule has 4 aromatic rings. The maximum atomic E-state index is 13.9. The highest BCUT2D eigenvalue weighted by Crippen LogP contribution is 2.27. The average Bonchev–Trinajstić information content (AvgIpc) is 3.00. The summed E-state index contributed by atoms with van der Waals surface area (Å²) >= 11 is 5.84. The van der Waals surface area contributed by atoms with E-state index < -0.39 is 0 Å². The van der Waals surface area contributed by atoms with Crippen molar-refractivity contribution >= 4 is 34.5 Å². The Bertz CT molecular complexity index is 1090. The Morgan fingerprint density at radius 1 is 1.07 bits per heavy atom. The highest BCUT2D eigenvalue weighted by molar-refractivity contribution is 6.28. The topological polar surface area (TPSA) is 94.5 Å². The standard InChI is InChI=1S/C18H15ClFN7/c1-10(22-18-25-16(19)24-17(21)26-18)15-23-13-8-7-11(20)9-14(13)27(15)12-5-3-2-4-6-12/h2-10H,1H3,(H3,21,22,24,25,26)/t10-/m0/s1. The predicted molar refractivity (Wildman–Crippen MR) is 102 cm³/mol. The average molecular weight is 384 g/mol. The molecule has 2 aromatic carbocycles. The summed E-state index contributed by atoms with van der Waals surface area (Å²) < 4.78 is 15.8. The van der Waals surface area contributed by atoms with Crippen molar-refractivity contribution in [3.63, 3.8) is 0 Å². The van der Waals surface area contributed by atoms with Crippen LogP contribution in [0.1, 0.15) is 18.8 Å². The van der Waals surface area contributed by atoms with Gasteiger partial charge in [0.2, 0.25) is 17.2 Å². The molecule has 3 N–H and O–H groups in total. The van der Waals surface area contributed by atoms with E-state index in [1.165, 1.54) is 12.1 Å². The van der Waals surface area contributed by atoms with E-state index in [1.54, 1.807) is 6.07 Å². The van der Waals surface area contributed by atoms with Crippen molar-refractivity contribution in [1.29, 1.82) is 0 Å². The molecule has 0 spiro atoms. The monoisotopic (exact) mass is 383 g/mol. The van der Waals surface area contributed by atoms with Crippen LogP contribution in [0.25, 0.3) is 16.7 Å². The first-order valence-electron chi connectivity index (χ1n) is 8.18. The van der Waals surface area contributed by atoms with Gasteiger partial charge in [-0.3, -0.25) is 4.57 Å². The second-order valence-electron chi connectivity index (χ2n) is 5.93. The number of hydrogen-bond acceptors (Lipinski definition) is 6. The fourth-order valence-electron chi connectivity index (χ4n) is 2.89. The van der Waals surface area contributed by atoms with Crippen LogP contribution in [-0.4, -0.2) is 24.5 Å². The van der Waals surface area contributed by atoms with E-state index in [0.717, 1.165) is 5.69 Å². The second-order valence-corrected chi connectivity index (χ2v) is 6.26. The van der Waals surface area contributed by atoms with Gasteiger partial charge in [-0.2, -0.15) is 15.0 Å². The predicted octanol–water partition coefficient (Wildman–Crippen LogP) is 3.76. The number of nitrogen functional groups attached to an aromatic ring is 1. The molecule has 136 valence electrons. The van der Waals surface area contributed by atoms with Crippen molar-refractivity contribution in [2.24, 2.45) is 0 Å². The van der Waals surface area contributed by atoms with Crippen LogP contribution in [0.3, 0.4) is 0 Å². The van der Waals surface area contributed by atoms with Crippen LogP contribution >= 0.6 is 11.6 Å². The Hall–Kier alpha value is -3.26. The van der Waals surface area contributed by atoms with E-state index in [-0.39, 0.29) is 29.0 Å². The Morgan fingerprint density at radius 3 is 2.59 bits per heavy atom. The number of nitrogens with one attached hydrogen (secondary N) is 1. The number of aromatic nitrogens is 5. The van der Waals surface area contributed by atoms with Gasteiger partial charge in [-0.05, 0) is 42.8 Å². The molecule has 7 nitrogen and oxygen atoms in total. The van der Waals surface area contributed by atoms with Crippen molar-refractivity contribution in [3.05, 3.63) is 65.5 Å². The van der Waals surface area contributed by atoms with E-state index in [4.69, 9.17) is 17.3 Å². The molecule has 0 unspecified atom stereocenters. The zero-order valence-electron chi connectivity index (χ0n) is 14.3. The SMILES string of the molecule is C[C@H](Nc1nc(N)nc(Cl)n1)c1nc2ccc(F)cc2n1-c1ccccc1. The van der Waals surface area contributed by atoms with Crippen LogP contribution in [0.15, 0.2) is 48.5 Å². The molecule has 0 amide bonds. The first kappa shape index (κ1) is 17.2. The molecular formula is C18H15ClFN7. The second kappa shape index (κ2) is 6.81. The van der Waals surface area contributed by atoms with Gasteiger partial charge in [-0.1, -0.05) is 18.2 Å². The molecule has 1 atom stereocenters. The number of nitrogens with zero attached hydrogens (tertiary/aromatic N) is 5. The van der Waals surface area contributed by atoms with E-state index in [2.05, 4.69) is 25.3 Å². The fraction of sp³-hybridized carbons (Fsp3) is 0.111. The van der Waals surface area contributed by atoms with Crippen molar-refractivity contribution in [1.82, 2.24) is 24.5 Å². The smallest absolute Gasteiger partial charge is 0.229 e. The van der Waals surface area contributed by atoms with Gasteiger partial charge in [-0.25, -0.2) is 9.37 Å². The normalized spacial score (nSPS) is 12.3. The Morgan fingerprint density at radius 2 is 1.85 bits per heavy atom. The minimum absolute atomic E-state index is 0.00386. The van der Waals surface area contributed by atoms with Crippen LogP contribution in [0, 0.1) is 5.82 Å². The van der Waals surface area contributed by atoms with Gasteiger partial charge in [-0.15, -0.1) is 0 Å². The first-order chi connectivity index (χ1) is 13.0. The number of nitrogens with two attached hydrogens (primary N) is 1. The Kier molecular flexibility index (Phi) is 4.33. The number of anilines is 2. The van der Waals surface area contributed by atoms with Gasteiger partial charge in [0, 0.05) is 11.8 Å². The summed E-state index contributed by atoms with van der Waals surface area (Å²) in [5, 5.41) is 3.12. The molecule has 0 saturated heterocycles. The molecule has 0 bridgehead atoms. The van der Waals surface area contributed by atoms with Gasteiger partial charge in [0.1, 0.15) is 11.6 Å². The summed E-state index contributed by atoms with van der Waals surface area (Å²) in [5.41, 5.74) is 7.83. The Labute approximate surface area is 159 Å². The largest absolute Gasteiger partial charge is 0.368 e. The highest BCUT2D eigenvalue weighted by atomic mass is 35.5. The van der Waals surface area contributed by atoms with Crippen LogP contribution in [0.2, 0.25) is 5.28 Å². The van der Waals surface area contributed by atoms with Crippen molar-refractivity contribution in [2.75, 3.05) is 11.1 Å². The molecule has 0 aliphatic heterocycles. The molecule has 0 aliphatic rings. The molecule has 9 heteroatoms. The molecule has 2 aromatic heterocycles. The van der Waals surface area contributed by atoms with Gasteiger partial charge < -0.3 is 11.1 Å². The Balaban J connectivity index is 1.83. The first-order valence-corrected chi connectivity index (χ1v) is 8.56. The van der Waals surface area contributed by atoms with Crippen LogP contribution < -0.4 is 11.1 Å². The lowest BCUT2D eigenvalue weighted by Gasteiger charge is -2.16. The van der Waals surface area contributed by atoms with Crippen LogP contribution in [0.5, 0.6) is 0 Å². The fourth-order valence-corrected chi connectivity index (χ4v) is 3.06. The number of halogens is 2. The third-order valence-corrected chi connectivity index (χ3v) is 4.18. The molecule has 4 rings (SSSR count). The number of hydrogen-bond donors (Lipinski definition) is 2. The summed E-state index contributed by atoms with van der Waals surface area (Å²) in [7, 11) is 0. The number of rotatable bonds is 4. The maximum Gasteiger partial charge on any atom is 0.229 e. The number of imidazole rings is 1. The zero-order valence-corrected chi connectivity index (χ0v) is 15.0. The third-order valence-electron chi connectivity index (χ3n) is 4.02. The van der Waals surface area contributed by atoms with Gasteiger partial charge in [0.25, 0.3) is 0 Å². The summed E-state index contributed by atoms with van der Waals surface area (Å²) in [6.45, 7) is 1.89. The molecule has 0 aliphatic carbocycles. The third kappa shape index (κ3) is 3.39. The molecule has 2 heterocycles. The van der Waals surface area contributed by atoms with E-state index in [9.17, 15) is 4.39 Å². The summed E-state index contributed by atoms with van der Waals surface area (Å²) in [4.78, 5) is 16.5. The van der Waals surface area contributed by atoms with Gasteiger partial charge in [0.15, 0.2) is 0 Å². The van der Waals surface area contributed by atoms with E-state index in [1.807, 2.05) is 41.8 Å². The molecule has 27 heavy (non-hydrogen) atoms. The minimum Gasteiger partial charge on any atom is -0.368 e. The highest BCUT2D eigenvalue weighted by Gasteiger charge is 2.19. The van der Waals surface area contributed by atoms with E-state index >= 15 is 0 Å². The van der Waals surface area contributed by atoms with E-state index in [0.29, 0.717) is 16.9 Å². The quantitative estimate of drug-likeness (QED) is 0.557. The summed E-state index contributed by atoms with van der Waals surface area (Å²) in [6.07, 6.45) is 0. The summed E-state index contributed by atoms with van der Waals surface area (Å²) in [5.74, 6) is 0.585. The van der Waals surface area contributed by atoms with Crippen LogP contribution in [-0.2, 0) is 0 Å².